The van der Waals surface area contributed by atoms with Crippen LogP contribution in [0.4, 0.5) is 22.4 Å². The predicted molar refractivity (Wildman–Crippen MR) is 270 cm³/mol. The molecule has 73 heavy (non-hydrogen) atoms. The van der Waals surface area contributed by atoms with E-state index < -0.39 is 93.0 Å². The molecule has 2 bridgehead atoms. The third-order valence-electron chi connectivity index (χ3n) is 14.2. The summed E-state index contributed by atoms with van der Waals surface area (Å²) in [5.74, 6) is -5.95. The van der Waals surface area contributed by atoms with Crippen molar-refractivity contribution in [1.82, 2.24) is 34.9 Å². The van der Waals surface area contributed by atoms with Crippen molar-refractivity contribution in [3.8, 4) is 22.8 Å². The molecule has 1 aromatic heterocycles. The summed E-state index contributed by atoms with van der Waals surface area (Å²) in [6.07, 6.45) is -5.78. The number of alkyl halides is 3. The number of amides is 5. The molecule has 0 spiro atoms. The molecule has 3 heterocycles. The molecule has 4 aromatic rings. The van der Waals surface area contributed by atoms with Gasteiger partial charge in [-0.25, -0.2) is 14.2 Å². The average molecular weight is 1080 g/mol. The number of benzene rings is 3. The van der Waals surface area contributed by atoms with Crippen molar-refractivity contribution in [2.24, 2.45) is 13.0 Å². The monoisotopic (exact) mass is 1080 g/mol. The van der Waals surface area contributed by atoms with Crippen LogP contribution in [0.3, 0.4) is 0 Å². The van der Waals surface area contributed by atoms with E-state index >= 15 is 9.18 Å². The van der Waals surface area contributed by atoms with Crippen LogP contribution >= 0.6 is 23.2 Å². The van der Waals surface area contributed by atoms with Gasteiger partial charge in [0.1, 0.15) is 35.2 Å². The Morgan fingerprint density at radius 3 is 2.27 bits per heavy atom. The third kappa shape index (κ3) is 13.7. The van der Waals surface area contributed by atoms with Crippen molar-refractivity contribution < 1.29 is 55.4 Å². The Labute approximate surface area is 433 Å². The van der Waals surface area contributed by atoms with Gasteiger partial charge in [0.15, 0.2) is 14.9 Å². The molecule has 2 N–H and O–H groups in total. The van der Waals surface area contributed by atoms with Gasteiger partial charge in [0.25, 0.3) is 0 Å². The number of imidazole rings is 1. The van der Waals surface area contributed by atoms with Gasteiger partial charge in [0.05, 0.1) is 42.9 Å². The largest absolute Gasteiger partial charge is 0.457 e. The second-order valence-corrected chi connectivity index (χ2v) is 26.0. The SMILES string of the molecule is CNC(=O)OCc1ncc(-c2ccc(Oc3cc(Cl)cc(F)c3CN3C(=O)C[C@@H](CC(F)(F)F)C(=O)N4CCC[C@@](Cc5ccc(Cl)cc5)(C4)N(C)C(=O)[C@H](CO[Si](C)(C)C(C)(C)C)NC(=O)[C@@H]3C)cc2)n1C. The normalized spacial score (nSPS) is 20.7. The number of carbonyl (C=O) groups is 5. The number of nitrogens with one attached hydrogen (secondary N) is 2. The Morgan fingerprint density at radius 2 is 1.64 bits per heavy atom. The van der Waals surface area contributed by atoms with Crippen molar-refractivity contribution in [2.75, 3.05) is 33.8 Å². The first-order valence-corrected chi connectivity index (χ1v) is 27.5. The van der Waals surface area contributed by atoms with Crippen LogP contribution in [0, 0.1) is 11.7 Å². The molecule has 2 fully saturated rings. The zero-order valence-corrected chi connectivity index (χ0v) is 44.9. The van der Waals surface area contributed by atoms with Crippen molar-refractivity contribution in [1.29, 1.82) is 0 Å². The van der Waals surface area contributed by atoms with Crippen molar-refractivity contribution in [2.45, 2.75) is 115 Å². The minimum absolute atomic E-state index is 0.0510. The number of carbonyl (C=O) groups excluding carboxylic acids is 5. The molecule has 4 atom stereocenters. The standard InChI is InChI=1S/C51H63Cl2F4N7O8Si/c1-31-45(66)60-40(28-71-73(8,9)49(2,3)4)47(68)62(7)50(24-32-11-15-35(52)16-12-32)19-10-20-63(30-50)46(67)34(25-51(55,56)57)21-44(65)64(31)27-38-39(54)22-36(53)23-42(38)72-37-17-13-33(14-18-37)41-26-59-43(61(41)6)29-70-48(69)58-5/h11-18,22-23,26,31,34,40H,10,19-21,24-25,27-30H2,1-9H3,(H,58,69)(H,60,66)/t31-,34-,40-,50+/m0/s1. The third-order valence-corrected chi connectivity index (χ3v) is 19.2. The summed E-state index contributed by atoms with van der Waals surface area (Å²) in [5, 5.41) is 5.24. The number of fused-ring (bicyclic) bond motifs is 2. The van der Waals surface area contributed by atoms with Gasteiger partial charge in [-0.1, -0.05) is 56.1 Å². The molecule has 3 aromatic carbocycles. The van der Waals surface area contributed by atoms with Gasteiger partial charge in [-0.15, -0.1) is 0 Å². The van der Waals surface area contributed by atoms with Crippen LogP contribution in [0.25, 0.3) is 11.3 Å². The number of halogens is 6. The second-order valence-electron chi connectivity index (χ2n) is 20.3. The Bertz CT molecular complexity index is 2670. The Hall–Kier alpha value is -5.70. The maximum absolute atomic E-state index is 16.4. The maximum atomic E-state index is 16.4. The number of rotatable bonds is 13. The van der Waals surface area contributed by atoms with E-state index in [0.717, 1.165) is 16.5 Å². The van der Waals surface area contributed by atoms with Crippen LogP contribution < -0.4 is 15.4 Å². The average Bonchev–Trinajstić information content (AvgIpc) is 3.69. The fourth-order valence-corrected chi connectivity index (χ4v) is 10.2. The Balaban J connectivity index is 1.39. The molecule has 396 valence electrons. The molecule has 0 radical (unpaired) electrons. The Kier molecular flexibility index (Phi) is 17.7. The van der Waals surface area contributed by atoms with E-state index in [4.69, 9.17) is 37.1 Å². The van der Waals surface area contributed by atoms with Gasteiger partial charge in [-0.2, -0.15) is 13.2 Å². The van der Waals surface area contributed by atoms with E-state index in [9.17, 15) is 32.3 Å². The zero-order valence-electron chi connectivity index (χ0n) is 42.4. The summed E-state index contributed by atoms with van der Waals surface area (Å²) in [4.78, 5) is 78.8. The van der Waals surface area contributed by atoms with Crippen molar-refractivity contribution >= 4 is 61.2 Å². The molecule has 2 aliphatic rings. The molecule has 6 rings (SSSR count). The molecule has 0 unspecified atom stereocenters. The van der Waals surface area contributed by atoms with E-state index in [1.165, 1.54) is 29.8 Å². The van der Waals surface area contributed by atoms with Gasteiger partial charge in [0.2, 0.25) is 23.6 Å². The van der Waals surface area contributed by atoms with Crippen LogP contribution in [0.5, 0.6) is 11.5 Å². The number of hydrogen-bond acceptors (Lipinski definition) is 9. The fourth-order valence-electron chi connectivity index (χ4n) is 8.82. The summed E-state index contributed by atoms with van der Waals surface area (Å²) in [6, 6.07) is 12.8. The van der Waals surface area contributed by atoms with Crippen LogP contribution in [-0.4, -0.2) is 120 Å². The molecule has 22 heteroatoms. The zero-order chi connectivity index (χ0) is 53.8. The van der Waals surface area contributed by atoms with E-state index in [2.05, 4.69) is 15.6 Å². The lowest BCUT2D eigenvalue weighted by Gasteiger charge is -2.50. The van der Waals surface area contributed by atoms with Gasteiger partial charge in [-0.3, -0.25) is 19.2 Å². The van der Waals surface area contributed by atoms with Crippen LogP contribution in [0.2, 0.25) is 28.2 Å². The smallest absolute Gasteiger partial charge is 0.407 e. The van der Waals surface area contributed by atoms with E-state index in [1.54, 1.807) is 73.4 Å². The highest BCUT2D eigenvalue weighted by atomic mass is 35.5. The second kappa shape index (κ2) is 22.8. The highest BCUT2D eigenvalue weighted by Gasteiger charge is 2.48. The van der Waals surface area contributed by atoms with Gasteiger partial charge in [-0.05, 0) is 98.4 Å². The summed E-state index contributed by atoms with van der Waals surface area (Å²) >= 11 is 12.6. The minimum Gasteiger partial charge on any atom is -0.457 e. The summed E-state index contributed by atoms with van der Waals surface area (Å²) in [7, 11) is 2.13. The lowest BCUT2D eigenvalue weighted by molar-refractivity contribution is -0.166. The number of piperidine rings is 1. The van der Waals surface area contributed by atoms with Gasteiger partial charge < -0.3 is 43.8 Å². The lowest BCUT2D eigenvalue weighted by atomic mass is 9.80. The first-order chi connectivity index (χ1) is 34.1. The van der Waals surface area contributed by atoms with Crippen LogP contribution in [0.15, 0.2) is 66.9 Å². The highest BCUT2D eigenvalue weighted by Crippen LogP contribution is 2.39. The number of aromatic nitrogens is 2. The first-order valence-electron chi connectivity index (χ1n) is 23.8. The Morgan fingerprint density at radius 1 is 0.973 bits per heavy atom. The fraction of sp³-hybridized carbons (Fsp3) is 0.490. The molecule has 2 saturated heterocycles. The van der Waals surface area contributed by atoms with Gasteiger partial charge in [0, 0.05) is 61.8 Å². The van der Waals surface area contributed by atoms with E-state index in [1.807, 2.05) is 33.9 Å². The number of hydrogen-bond donors (Lipinski definition) is 2. The minimum atomic E-state index is -4.90. The van der Waals surface area contributed by atoms with Gasteiger partial charge >= 0.3 is 12.3 Å². The summed E-state index contributed by atoms with van der Waals surface area (Å²) in [6.45, 7) is 10.1. The molecule has 0 saturated carbocycles. The first kappa shape index (κ1) is 56.6. The molecule has 5 amide bonds. The summed E-state index contributed by atoms with van der Waals surface area (Å²) < 4.78 is 79.6. The van der Waals surface area contributed by atoms with Crippen LogP contribution in [0.1, 0.15) is 70.3 Å². The molecular formula is C51H63Cl2F4N7O8Si. The number of nitrogens with zero attached hydrogens (tertiary/aromatic N) is 5. The maximum Gasteiger partial charge on any atom is 0.407 e. The molecule has 2 aliphatic heterocycles. The summed E-state index contributed by atoms with van der Waals surface area (Å²) in [5.41, 5.74) is 0.614. The topological polar surface area (TPSA) is 165 Å². The number of likely N-dealkylation sites (N-methyl/N-ethyl adjacent to an activating group) is 1. The number of ether oxygens (including phenoxy) is 2. The van der Waals surface area contributed by atoms with Crippen LogP contribution in [-0.2, 0) is 55.0 Å². The predicted octanol–water partition coefficient (Wildman–Crippen LogP) is 9.44. The molecular weight excluding hydrogens is 1010 g/mol. The molecule has 15 nitrogen and oxygen atoms in total. The van der Waals surface area contributed by atoms with E-state index in [-0.39, 0.29) is 59.8 Å². The quantitative estimate of drug-likeness (QED) is 0.0981. The van der Waals surface area contributed by atoms with E-state index in [0.29, 0.717) is 34.9 Å². The number of alkyl carbamates (subject to hydrolysis) is 1. The van der Waals surface area contributed by atoms with Crippen molar-refractivity contribution in [3.05, 3.63) is 99.7 Å². The molecule has 0 aliphatic carbocycles. The van der Waals surface area contributed by atoms with Crippen molar-refractivity contribution in [3.63, 3.8) is 0 Å². The highest BCUT2D eigenvalue weighted by molar-refractivity contribution is 6.74. The lowest BCUT2D eigenvalue weighted by Crippen LogP contribution is -2.66.